The van der Waals surface area contributed by atoms with Crippen LogP contribution in [0.5, 0.6) is 0 Å². The van der Waals surface area contributed by atoms with E-state index in [4.69, 9.17) is 27.9 Å². The number of ether oxygens (including phenoxy) is 1. The Morgan fingerprint density at radius 2 is 1.73 bits per heavy atom. The van der Waals surface area contributed by atoms with Crippen LogP contribution in [-0.2, 0) is 19.6 Å². The number of halogens is 2. The van der Waals surface area contributed by atoms with Crippen LogP contribution in [0.15, 0.2) is 47.4 Å². The number of rotatable bonds is 6. The van der Waals surface area contributed by atoms with Crippen molar-refractivity contribution in [2.24, 2.45) is 0 Å². The van der Waals surface area contributed by atoms with E-state index in [9.17, 15) is 18.0 Å². The molecule has 160 valence electrons. The van der Waals surface area contributed by atoms with Crippen LogP contribution >= 0.6 is 23.2 Å². The molecule has 3 rings (SSSR count). The maximum absolute atomic E-state index is 12.8. The molecule has 1 aliphatic rings. The van der Waals surface area contributed by atoms with Gasteiger partial charge < -0.3 is 10.1 Å². The normalized spacial score (nSPS) is 14.9. The minimum atomic E-state index is -3.62. The van der Waals surface area contributed by atoms with E-state index in [0.29, 0.717) is 13.1 Å². The largest absolute Gasteiger partial charge is 0.452 e. The van der Waals surface area contributed by atoms with Gasteiger partial charge in [-0.1, -0.05) is 41.8 Å². The second-order valence-corrected chi connectivity index (χ2v) is 9.44. The van der Waals surface area contributed by atoms with E-state index >= 15 is 0 Å². The van der Waals surface area contributed by atoms with Crippen molar-refractivity contribution in [2.75, 3.05) is 25.0 Å². The van der Waals surface area contributed by atoms with Gasteiger partial charge in [-0.25, -0.2) is 13.2 Å². The third-order valence-corrected chi connectivity index (χ3v) is 7.29. The quantitative estimate of drug-likeness (QED) is 0.644. The molecule has 0 saturated carbocycles. The van der Waals surface area contributed by atoms with E-state index in [-0.39, 0.29) is 26.2 Å². The molecule has 0 unspecified atom stereocenters. The Bertz CT molecular complexity index is 1050. The van der Waals surface area contributed by atoms with Crippen molar-refractivity contribution < 1.29 is 22.7 Å². The lowest BCUT2D eigenvalue weighted by atomic mass is 10.2. The first kappa shape index (κ1) is 22.6. The minimum Gasteiger partial charge on any atom is -0.452 e. The summed E-state index contributed by atoms with van der Waals surface area (Å²) in [7, 11) is -3.62. The van der Waals surface area contributed by atoms with Gasteiger partial charge in [0.1, 0.15) is 0 Å². The fourth-order valence-electron chi connectivity index (χ4n) is 3.06. The zero-order valence-corrected chi connectivity index (χ0v) is 18.3. The number of anilines is 1. The Morgan fingerprint density at radius 1 is 1.03 bits per heavy atom. The fourth-order valence-corrected chi connectivity index (χ4v) is 5.00. The third-order valence-electron chi connectivity index (χ3n) is 4.58. The number of nitrogens with one attached hydrogen (secondary N) is 1. The molecule has 10 heteroatoms. The van der Waals surface area contributed by atoms with Crippen molar-refractivity contribution in [3.8, 4) is 0 Å². The molecule has 0 radical (unpaired) electrons. The van der Waals surface area contributed by atoms with E-state index in [0.717, 1.165) is 19.3 Å². The topological polar surface area (TPSA) is 92.8 Å². The summed E-state index contributed by atoms with van der Waals surface area (Å²) in [5.41, 5.74) is 0.335. The summed E-state index contributed by atoms with van der Waals surface area (Å²) in [5, 5.41) is 2.77. The van der Waals surface area contributed by atoms with E-state index in [2.05, 4.69) is 5.32 Å². The molecule has 1 aliphatic heterocycles. The molecule has 2 aromatic rings. The van der Waals surface area contributed by atoms with Crippen LogP contribution in [0.1, 0.15) is 29.6 Å². The Hall–Kier alpha value is -2.13. The number of esters is 1. The molecule has 2 aromatic carbocycles. The van der Waals surface area contributed by atoms with Gasteiger partial charge in [0.25, 0.3) is 5.91 Å². The number of hydrogen-bond donors (Lipinski definition) is 1. The average Bonchev–Trinajstić information content (AvgIpc) is 2.75. The van der Waals surface area contributed by atoms with E-state index in [1.165, 1.54) is 28.6 Å². The number of sulfonamides is 1. The zero-order chi connectivity index (χ0) is 21.7. The maximum atomic E-state index is 12.8. The lowest BCUT2D eigenvalue weighted by Crippen LogP contribution is -2.35. The van der Waals surface area contributed by atoms with Crippen LogP contribution in [0.3, 0.4) is 0 Å². The number of hydrogen-bond acceptors (Lipinski definition) is 5. The lowest BCUT2D eigenvalue weighted by Gasteiger charge is -2.26. The van der Waals surface area contributed by atoms with Crippen molar-refractivity contribution in [3.63, 3.8) is 0 Å². The third kappa shape index (κ3) is 5.31. The monoisotopic (exact) mass is 470 g/mol. The first-order valence-corrected chi connectivity index (χ1v) is 11.5. The molecule has 1 heterocycles. The Balaban J connectivity index is 1.62. The van der Waals surface area contributed by atoms with E-state index < -0.39 is 28.5 Å². The smallest absolute Gasteiger partial charge is 0.340 e. The van der Waals surface area contributed by atoms with Gasteiger partial charge >= 0.3 is 5.97 Å². The van der Waals surface area contributed by atoms with Crippen molar-refractivity contribution >= 4 is 50.8 Å². The van der Waals surface area contributed by atoms with Gasteiger partial charge in [-0.3, -0.25) is 4.79 Å². The van der Waals surface area contributed by atoms with Gasteiger partial charge in [0.15, 0.2) is 6.61 Å². The van der Waals surface area contributed by atoms with Crippen molar-refractivity contribution in [2.45, 2.75) is 24.2 Å². The van der Waals surface area contributed by atoms with Crippen molar-refractivity contribution in [3.05, 3.63) is 58.1 Å². The van der Waals surface area contributed by atoms with Gasteiger partial charge in [-0.05, 0) is 43.2 Å². The number of carbonyl (C=O) groups is 2. The van der Waals surface area contributed by atoms with Gasteiger partial charge in [-0.15, -0.1) is 0 Å². The zero-order valence-electron chi connectivity index (χ0n) is 15.9. The van der Waals surface area contributed by atoms with E-state index in [1.807, 2.05) is 0 Å². The first-order chi connectivity index (χ1) is 14.3. The second-order valence-electron chi connectivity index (χ2n) is 6.72. The van der Waals surface area contributed by atoms with Gasteiger partial charge in [-0.2, -0.15) is 4.31 Å². The number of nitrogens with zero attached hydrogens (tertiary/aromatic N) is 1. The summed E-state index contributed by atoms with van der Waals surface area (Å²) in [6, 6.07) is 10.5. The Morgan fingerprint density at radius 3 is 2.47 bits per heavy atom. The number of piperidine rings is 1. The lowest BCUT2D eigenvalue weighted by molar-refractivity contribution is -0.119. The Labute approximate surface area is 185 Å². The van der Waals surface area contributed by atoms with Crippen LogP contribution in [-0.4, -0.2) is 44.3 Å². The summed E-state index contributed by atoms with van der Waals surface area (Å²) >= 11 is 11.8. The second kappa shape index (κ2) is 9.78. The highest BCUT2D eigenvalue weighted by Crippen LogP contribution is 2.26. The van der Waals surface area contributed by atoms with Gasteiger partial charge in [0.2, 0.25) is 10.0 Å². The molecular weight excluding hydrogens is 451 g/mol. The molecule has 0 spiro atoms. The maximum Gasteiger partial charge on any atom is 0.340 e. The molecular formula is C20H20Cl2N2O5S. The summed E-state index contributed by atoms with van der Waals surface area (Å²) in [6.07, 6.45) is 2.68. The number of amides is 1. The van der Waals surface area contributed by atoms with Crippen LogP contribution in [0.2, 0.25) is 10.0 Å². The summed E-state index contributed by atoms with van der Waals surface area (Å²) in [5.74, 6) is -1.41. The molecule has 0 aromatic heterocycles. The highest BCUT2D eigenvalue weighted by atomic mass is 35.5. The van der Waals surface area contributed by atoms with Crippen molar-refractivity contribution in [1.29, 1.82) is 0 Å². The molecule has 1 N–H and O–H groups in total. The molecule has 1 fully saturated rings. The Kier molecular flexibility index (Phi) is 7.36. The van der Waals surface area contributed by atoms with Crippen LogP contribution in [0, 0.1) is 0 Å². The number of benzene rings is 2. The predicted molar refractivity (Wildman–Crippen MR) is 114 cm³/mol. The summed E-state index contributed by atoms with van der Waals surface area (Å²) < 4.78 is 32.0. The predicted octanol–water partition coefficient (Wildman–Crippen LogP) is 3.96. The minimum absolute atomic E-state index is 0.0418. The number of carbonyl (C=O) groups excluding carboxylic acids is 2. The fraction of sp³-hybridized carbons (Fsp3) is 0.300. The average molecular weight is 471 g/mol. The van der Waals surface area contributed by atoms with Crippen LogP contribution in [0.4, 0.5) is 5.69 Å². The molecule has 0 aliphatic carbocycles. The molecule has 30 heavy (non-hydrogen) atoms. The van der Waals surface area contributed by atoms with E-state index in [1.54, 1.807) is 18.2 Å². The molecule has 0 atom stereocenters. The molecule has 1 saturated heterocycles. The molecule has 1 amide bonds. The first-order valence-electron chi connectivity index (χ1n) is 9.30. The highest BCUT2D eigenvalue weighted by molar-refractivity contribution is 7.89. The van der Waals surface area contributed by atoms with Gasteiger partial charge in [0, 0.05) is 18.8 Å². The standard InChI is InChI=1S/C20H20Cl2N2O5S/c21-17-9-5-8-16(19(17)22)20(26)29-13-18(25)23-14-6-4-7-15(12-14)30(27,28)24-10-2-1-3-11-24/h4-9,12H,1-3,10-11,13H2,(H,23,25). The summed E-state index contributed by atoms with van der Waals surface area (Å²) in [4.78, 5) is 24.4. The van der Waals surface area contributed by atoms with Gasteiger partial charge in [0.05, 0.1) is 20.5 Å². The molecule has 0 bridgehead atoms. The van der Waals surface area contributed by atoms with Crippen molar-refractivity contribution in [1.82, 2.24) is 4.31 Å². The SMILES string of the molecule is O=C(COC(=O)c1cccc(Cl)c1Cl)Nc1cccc(S(=O)(=O)N2CCCCC2)c1. The highest BCUT2D eigenvalue weighted by Gasteiger charge is 2.26. The van der Waals surface area contributed by atoms with Crippen LogP contribution in [0.25, 0.3) is 0 Å². The van der Waals surface area contributed by atoms with Crippen LogP contribution < -0.4 is 5.32 Å². The molecule has 7 nitrogen and oxygen atoms in total. The summed E-state index contributed by atoms with van der Waals surface area (Å²) in [6.45, 7) is 0.409.